The zero-order valence-electron chi connectivity index (χ0n) is 12.7. The van der Waals surface area contributed by atoms with Crippen molar-refractivity contribution in [1.29, 1.82) is 0 Å². The van der Waals surface area contributed by atoms with Crippen molar-refractivity contribution in [3.05, 3.63) is 35.9 Å². The third-order valence-electron chi connectivity index (χ3n) is 4.21. The number of aliphatic hydroxyl groups excluding tert-OH is 1. The van der Waals surface area contributed by atoms with Crippen molar-refractivity contribution in [2.24, 2.45) is 0 Å². The summed E-state index contributed by atoms with van der Waals surface area (Å²) >= 11 is 0. The van der Waals surface area contributed by atoms with Crippen LogP contribution in [0.2, 0.25) is 0 Å². The summed E-state index contributed by atoms with van der Waals surface area (Å²) in [6.45, 7) is 2.18. The first-order valence-electron chi connectivity index (χ1n) is 7.74. The molecular weight excluding hydrogens is 266 g/mol. The molecule has 0 bridgehead atoms. The van der Waals surface area contributed by atoms with Gasteiger partial charge in [0.2, 0.25) is 5.91 Å². The summed E-state index contributed by atoms with van der Waals surface area (Å²) in [4.78, 5) is 12.2. The molecule has 116 valence electrons. The molecule has 0 heterocycles. The van der Waals surface area contributed by atoms with Gasteiger partial charge in [0.15, 0.2) is 0 Å². The van der Waals surface area contributed by atoms with E-state index in [0.29, 0.717) is 6.61 Å². The van der Waals surface area contributed by atoms with Gasteiger partial charge in [0.1, 0.15) is 6.10 Å². The molecule has 1 amide bonds. The van der Waals surface area contributed by atoms with Crippen molar-refractivity contribution in [2.45, 2.75) is 57.3 Å². The Labute approximate surface area is 126 Å². The van der Waals surface area contributed by atoms with Gasteiger partial charge in [-0.15, -0.1) is 0 Å². The lowest BCUT2D eigenvalue weighted by atomic mass is 9.82. The SMILES string of the molecule is CC(OCc1ccccc1)C(=O)NC1(CO)CCCCC1. The Balaban J connectivity index is 1.84. The van der Waals surface area contributed by atoms with Crippen LogP contribution >= 0.6 is 0 Å². The van der Waals surface area contributed by atoms with Crippen LogP contribution in [-0.2, 0) is 16.1 Å². The van der Waals surface area contributed by atoms with Gasteiger partial charge >= 0.3 is 0 Å². The summed E-state index contributed by atoms with van der Waals surface area (Å²) in [5.74, 6) is -0.137. The molecule has 1 aliphatic carbocycles. The number of rotatable bonds is 6. The molecule has 1 atom stereocenters. The molecule has 1 aromatic carbocycles. The Hall–Kier alpha value is -1.39. The summed E-state index contributed by atoms with van der Waals surface area (Å²) < 4.78 is 5.63. The fourth-order valence-electron chi connectivity index (χ4n) is 2.79. The van der Waals surface area contributed by atoms with Crippen molar-refractivity contribution >= 4 is 5.91 Å². The normalized spacial score (nSPS) is 19.0. The smallest absolute Gasteiger partial charge is 0.249 e. The van der Waals surface area contributed by atoms with Crippen LogP contribution in [0.4, 0.5) is 0 Å². The molecule has 1 fully saturated rings. The molecule has 0 spiro atoms. The van der Waals surface area contributed by atoms with Gasteiger partial charge in [0.25, 0.3) is 0 Å². The number of nitrogens with one attached hydrogen (secondary N) is 1. The van der Waals surface area contributed by atoms with E-state index in [9.17, 15) is 9.90 Å². The Morgan fingerprint density at radius 1 is 1.29 bits per heavy atom. The van der Waals surface area contributed by atoms with Gasteiger partial charge in [0.05, 0.1) is 18.8 Å². The van der Waals surface area contributed by atoms with Crippen LogP contribution in [0.3, 0.4) is 0 Å². The van der Waals surface area contributed by atoms with Crippen molar-refractivity contribution < 1.29 is 14.6 Å². The molecule has 4 heteroatoms. The lowest BCUT2D eigenvalue weighted by Crippen LogP contribution is -2.55. The minimum absolute atomic E-state index is 0.00411. The van der Waals surface area contributed by atoms with Gasteiger partial charge in [-0.05, 0) is 25.3 Å². The first-order valence-corrected chi connectivity index (χ1v) is 7.74. The van der Waals surface area contributed by atoms with Gasteiger partial charge in [-0.2, -0.15) is 0 Å². The lowest BCUT2D eigenvalue weighted by Gasteiger charge is -2.37. The third kappa shape index (κ3) is 4.55. The third-order valence-corrected chi connectivity index (χ3v) is 4.21. The first kappa shape index (κ1) is 16.0. The fraction of sp³-hybridized carbons (Fsp3) is 0.588. The molecule has 21 heavy (non-hydrogen) atoms. The topological polar surface area (TPSA) is 58.6 Å². The van der Waals surface area contributed by atoms with Crippen LogP contribution in [-0.4, -0.2) is 29.3 Å². The number of carbonyl (C=O) groups excluding carboxylic acids is 1. The highest BCUT2D eigenvalue weighted by Gasteiger charge is 2.34. The molecule has 1 aliphatic rings. The van der Waals surface area contributed by atoms with E-state index in [2.05, 4.69) is 5.32 Å². The van der Waals surface area contributed by atoms with Crippen LogP contribution in [0.25, 0.3) is 0 Å². The largest absolute Gasteiger partial charge is 0.394 e. The minimum atomic E-state index is -0.518. The van der Waals surface area contributed by atoms with Crippen LogP contribution in [0.15, 0.2) is 30.3 Å². The molecule has 2 rings (SSSR count). The molecule has 4 nitrogen and oxygen atoms in total. The Kier molecular flexibility index (Phi) is 5.76. The monoisotopic (exact) mass is 291 g/mol. The maximum atomic E-state index is 12.2. The van der Waals surface area contributed by atoms with Crippen molar-refractivity contribution in [1.82, 2.24) is 5.32 Å². The standard InChI is InChI=1S/C17H25NO3/c1-14(21-12-15-8-4-2-5-9-15)16(20)18-17(13-19)10-6-3-7-11-17/h2,4-5,8-9,14,19H,3,6-7,10-13H2,1H3,(H,18,20). The summed E-state index contributed by atoms with van der Waals surface area (Å²) in [5, 5.41) is 12.6. The maximum absolute atomic E-state index is 12.2. The van der Waals surface area contributed by atoms with Gasteiger partial charge in [-0.25, -0.2) is 0 Å². The van der Waals surface area contributed by atoms with Crippen molar-refractivity contribution in [3.8, 4) is 0 Å². The quantitative estimate of drug-likeness (QED) is 0.846. The van der Waals surface area contributed by atoms with Crippen molar-refractivity contribution in [3.63, 3.8) is 0 Å². The van der Waals surface area contributed by atoms with Gasteiger partial charge in [-0.3, -0.25) is 4.79 Å². The van der Waals surface area contributed by atoms with E-state index < -0.39 is 11.6 Å². The lowest BCUT2D eigenvalue weighted by molar-refractivity contribution is -0.135. The zero-order valence-corrected chi connectivity index (χ0v) is 12.7. The zero-order chi connectivity index (χ0) is 15.1. The predicted octanol–water partition coefficient (Wildman–Crippen LogP) is 2.40. The minimum Gasteiger partial charge on any atom is -0.394 e. The van der Waals surface area contributed by atoms with E-state index in [0.717, 1.165) is 31.2 Å². The summed E-state index contributed by atoms with van der Waals surface area (Å²) in [7, 11) is 0. The molecule has 0 aromatic heterocycles. The van der Waals surface area contributed by atoms with Gasteiger partial charge in [0, 0.05) is 0 Å². The summed E-state index contributed by atoms with van der Waals surface area (Å²) in [6.07, 6.45) is 4.47. The van der Waals surface area contributed by atoms with E-state index in [1.165, 1.54) is 6.42 Å². The molecule has 1 aromatic rings. The van der Waals surface area contributed by atoms with E-state index >= 15 is 0 Å². The molecule has 1 saturated carbocycles. The number of amides is 1. The molecular formula is C17H25NO3. The molecule has 0 radical (unpaired) electrons. The van der Waals surface area contributed by atoms with Crippen molar-refractivity contribution in [2.75, 3.05) is 6.61 Å². The number of benzene rings is 1. The second-order valence-electron chi connectivity index (χ2n) is 5.93. The second kappa shape index (κ2) is 7.57. The highest BCUT2D eigenvalue weighted by molar-refractivity contribution is 5.81. The Morgan fingerprint density at radius 2 is 1.95 bits per heavy atom. The number of hydrogen-bond donors (Lipinski definition) is 2. The average molecular weight is 291 g/mol. The van der Waals surface area contributed by atoms with Crippen LogP contribution in [0.5, 0.6) is 0 Å². The van der Waals surface area contributed by atoms with E-state index in [1.807, 2.05) is 30.3 Å². The second-order valence-corrected chi connectivity index (χ2v) is 5.93. The van der Waals surface area contributed by atoms with Crippen LogP contribution in [0.1, 0.15) is 44.6 Å². The average Bonchev–Trinajstić information content (AvgIpc) is 2.54. The first-order chi connectivity index (χ1) is 10.2. The molecule has 2 N–H and O–H groups in total. The number of aliphatic hydroxyl groups is 1. The van der Waals surface area contributed by atoms with E-state index in [1.54, 1.807) is 6.92 Å². The van der Waals surface area contributed by atoms with Gasteiger partial charge < -0.3 is 15.2 Å². The summed E-state index contributed by atoms with van der Waals surface area (Å²) in [5.41, 5.74) is 0.603. The predicted molar refractivity (Wildman–Crippen MR) is 81.7 cm³/mol. The number of carbonyl (C=O) groups is 1. The van der Waals surface area contributed by atoms with Crippen LogP contribution in [0, 0.1) is 0 Å². The number of ether oxygens (including phenoxy) is 1. The number of hydrogen-bond acceptors (Lipinski definition) is 3. The summed E-state index contributed by atoms with van der Waals surface area (Å²) in [6, 6.07) is 9.80. The molecule has 0 saturated heterocycles. The Morgan fingerprint density at radius 3 is 2.57 bits per heavy atom. The Bertz CT molecular complexity index is 441. The molecule has 0 aliphatic heterocycles. The van der Waals surface area contributed by atoms with E-state index in [4.69, 9.17) is 4.74 Å². The van der Waals surface area contributed by atoms with Crippen LogP contribution < -0.4 is 5.32 Å². The van der Waals surface area contributed by atoms with E-state index in [-0.39, 0.29) is 12.5 Å². The highest BCUT2D eigenvalue weighted by atomic mass is 16.5. The maximum Gasteiger partial charge on any atom is 0.249 e. The van der Waals surface area contributed by atoms with Gasteiger partial charge in [-0.1, -0.05) is 49.6 Å². The highest BCUT2D eigenvalue weighted by Crippen LogP contribution is 2.27. The fourth-order valence-corrected chi connectivity index (χ4v) is 2.79. The molecule has 1 unspecified atom stereocenters.